The highest BCUT2D eigenvalue weighted by molar-refractivity contribution is 6.31. The van der Waals surface area contributed by atoms with Gasteiger partial charge in [0.15, 0.2) is 6.73 Å². The van der Waals surface area contributed by atoms with Crippen LogP contribution in [0, 0.1) is 0 Å². The second-order valence-electron chi connectivity index (χ2n) is 4.70. The SMILES string of the molecule is Nc1cc(Cl)ccc1C(=O)OCn1nnc2ccccc2c1=O. The first-order valence-corrected chi connectivity index (χ1v) is 6.99. The number of ether oxygens (including phenoxy) is 1. The highest BCUT2D eigenvalue weighted by atomic mass is 35.5. The predicted octanol–water partition coefficient (Wildman–Crippen LogP) is 1.84. The molecule has 0 amide bonds. The number of nitrogens with zero attached hydrogens (tertiary/aromatic N) is 3. The number of rotatable bonds is 3. The van der Waals surface area contributed by atoms with E-state index in [0.29, 0.717) is 15.9 Å². The molecule has 3 rings (SSSR count). The monoisotopic (exact) mass is 330 g/mol. The summed E-state index contributed by atoms with van der Waals surface area (Å²) >= 11 is 5.78. The van der Waals surface area contributed by atoms with Crippen LogP contribution in [0.15, 0.2) is 47.3 Å². The van der Waals surface area contributed by atoms with Crippen LogP contribution >= 0.6 is 11.6 Å². The van der Waals surface area contributed by atoms with E-state index in [1.165, 1.54) is 18.2 Å². The molecule has 116 valence electrons. The lowest BCUT2D eigenvalue weighted by atomic mass is 10.2. The van der Waals surface area contributed by atoms with Gasteiger partial charge in [-0.3, -0.25) is 4.79 Å². The van der Waals surface area contributed by atoms with Crippen molar-refractivity contribution in [2.75, 3.05) is 5.73 Å². The Morgan fingerprint density at radius 2 is 2.04 bits per heavy atom. The maximum absolute atomic E-state index is 12.2. The molecule has 1 aromatic heterocycles. The molecule has 0 spiro atoms. The highest BCUT2D eigenvalue weighted by Gasteiger charge is 2.13. The van der Waals surface area contributed by atoms with Crippen molar-refractivity contribution >= 4 is 34.2 Å². The van der Waals surface area contributed by atoms with E-state index in [2.05, 4.69) is 10.3 Å². The zero-order chi connectivity index (χ0) is 16.4. The molecule has 0 aliphatic carbocycles. The van der Waals surface area contributed by atoms with Crippen molar-refractivity contribution in [3.63, 3.8) is 0 Å². The second kappa shape index (κ2) is 6.05. The summed E-state index contributed by atoms with van der Waals surface area (Å²) in [5, 5.41) is 8.44. The standard InChI is InChI=1S/C15H11ClN4O3/c16-9-5-6-10(12(17)7-9)15(22)23-8-20-14(21)11-3-1-2-4-13(11)18-19-20/h1-7H,8,17H2. The second-order valence-corrected chi connectivity index (χ2v) is 5.14. The number of nitrogens with two attached hydrogens (primary N) is 1. The molecule has 8 heteroatoms. The smallest absolute Gasteiger partial charge is 0.342 e. The van der Waals surface area contributed by atoms with Gasteiger partial charge in [0.2, 0.25) is 0 Å². The van der Waals surface area contributed by atoms with Crippen molar-refractivity contribution in [1.82, 2.24) is 15.0 Å². The Hall–Kier alpha value is -2.93. The van der Waals surface area contributed by atoms with Crippen LogP contribution in [0.3, 0.4) is 0 Å². The first-order valence-electron chi connectivity index (χ1n) is 6.61. The van der Waals surface area contributed by atoms with Crippen molar-refractivity contribution in [2.45, 2.75) is 6.73 Å². The van der Waals surface area contributed by atoms with Crippen molar-refractivity contribution in [1.29, 1.82) is 0 Å². The van der Waals surface area contributed by atoms with Crippen molar-refractivity contribution < 1.29 is 9.53 Å². The molecule has 0 aliphatic heterocycles. The number of esters is 1. The maximum atomic E-state index is 12.2. The third-order valence-corrected chi connectivity index (χ3v) is 3.42. The van der Waals surface area contributed by atoms with Gasteiger partial charge >= 0.3 is 5.97 Å². The van der Waals surface area contributed by atoms with E-state index in [4.69, 9.17) is 22.1 Å². The van der Waals surface area contributed by atoms with Gasteiger partial charge in [0.05, 0.1) is 10.9 Å². The Bertz CT molecular complexity index is 955. The molecule has 0 atom stereocenters. The summed E-state index contributed by atoms with van der Waals surface area (Å²) in [6, 6.07) is 11.2. The van der Waals surface area contributed by atoms with Crippen LogP contribution in [0.25, 0.3) is 10.9 Å². The number of hydrogen-bond donors (Lipinski definition) is 1. The zero-order valence-electron chi connectivity index (χ0n) is 11.8. The first-order chi connectivity index (χ1) is 11.1. The van der Waals surface area contributed by atoms with E-state index in [1.54, 1.807) is 24.3 Å². The van der Waals surface area contributed by atoms with Gasteiger partial charge < -0.3 is 10.5 Å². The first kappa shape index (κ1) is 15.0. The van der Waals surface area contributed by atoms with Gasteiger partial charge in [-0.05, 0) is 30.3 Å². The van der Waals surface area contributed by atoms with Crippen LogP contribution < -0.4 is 11.3 Å². The van der Waals surface area contributed by atoms with Gasteiger partial charge in [-0.1, -0.05) is 28.9 Å². The molecule has 0 aliphatic rings. The average molecular weight is 331 g/mol. The summed E-state index contributed by atoms with van der Waals surface area (Å²) in [7, 11) is 0. The predicted molar refractivity (Wildman–Crippen MR) is 85.1 cm³/mol. The summed E-state index contributed by atoms with van der Waals surface area (Å²) in [4.78, 5) is 24.2. The number of aromatic nitrogens is 3. The number of nitrogen functional groups attached to an aromatic ring is 1. The van der Waals surface area contributed by atoms with Gasteiger partial charge in [0.25, 0.3) is 5.56 Å². The number of carbonyl (C=O) groups is 1. The zero-order valence-corrected chi connectivity index (χ0v) is 12.5. The minimum atomic E-state index is -0.680. The number of fused-ring (bicyclic) bond motifs is 1. The lowest BCUT2D eigenvalue weighted by Gasteiger charge is -2.08. The third kappa shape index (κ3) is 3.00. The molecule has 1 heterocycles. The van der Waals surface area contributed by atoms with Crippen LogP contribution in [-0.2, 0) is 11.5 Å². The Labute approximate surface area is 135 Å². The lowest BCUT2D eigenvalue weighted by Crippen LogP contribution is -2.26. The Morgan fingerprint density at radius 3 is 2.83 bits per heavy atom. The van der Waals surface area contributed by atoms with Gasteiger partial charge in [0, 0.05) is 10.7 Å². The molecule has 0 bridgehead atoms. The van der Waals surface area contributed by atoms with E-state index in [9.17, 15) is 9.59 Å². The molecule has 0 unspecified atom stereocenters. The van der Waals surface area contributed by atoms with Crippen molar-refractivity contribution in [3.8, 4) is 0 Å². The maximum Gasteiger partial charge on any atom is 0.342 e. The third-order valence-electron chi connectivity index (χ3n) is 3.18. The van der Waals surface area contributed by atoms with E-state index in [1.807, 2.05) is 0 Å². The minimum absolute atomic E-state index is 0.163. The molecular weight excluding hydrogens is 320 g/mol. The van der Waals surface area contributed by atoms with Gasteiger partial charge in [-0.25, -0.2) is 4.79 Å². The summed E-state index contributed by atoms with van der Waals surface area (Å²) in [5.74, 6) is -0.680. The van der Waals surface area contributed by atoms with E-state index >= 15 is 0 Å². The number of anilines is 1. The Morgan fingerprint density at radius 1 is 1.26 bits per heavy atom. The summed E-state index contributed by atoms with van der Waals surface area (Å²) in [5.41, 5.74) is 6.15. The highest BCUT2D eigenvalue weighted by Crippen LogP contribution is 2.18. The molecule has 7 nitrogen and oxygen atoms in total. The van der Waals surface area contributed by atoms with Gasteiger partial charge in [0.1, 0.15) is 5.52 Å². The molecule has 23 heavy (non-hydrogen) atoms. The topological polar surface area (TPSA) is 100 Å². The van der Waals surface area contributed by atoms with Crippen LogP contribution in [0.5, 0.6) is 0 Å². The molecule has 0 saturated carbocycles. The Kier molecular flexibility index (Phi) is 3.94. The van der Waals surface area contributed by atoms with E-state index in [0.717, 1.165) is 4.68 Å². The van der Waals surface area contributed by atoms with Crippen LogP contribution in [0.1, 0.15) is 10.4 Å². The fourth-order valence-corrected chi connectivity index (χ4v) is 2.21. The van der Waals surface area contributed by atoms with Crippen molar-refractivity contribution in [2.24, 2.45) is 0 Å². The average Bonchev–Trinajstić information content (AvgIpc) is 2.54. The fourth-order valence-electron chi connectivity index (χ4n) is 2.02. The summed E-state index contributed by atoms with van der Waals surface area (Å²) in [6.45, 7) is -0.364. The van der Waals surface area contributed by atoms with Crippen LogP contribution in [-0.4, -0.2) is 21.0 Å². The molecule has 2 aromatic carbocycles. The van der Waals surface area contributed by atoms with Crippen molar-refractivity contribution in [3.05, 3.63) is 63.4 Å². The normalized spacial score (nSPS) is 10.7. The Balaban J connectivity index is 1.82. The molecule has 0 fully saturated rings. The van der Waals surface area contributed by atoms with Gasteiger partial charge in [-0.2, -0.15) is 4.68 Å². The molecule has 0 saturated heterocycles. The van der Waals surface area contributed by atoms with Crippen LogP contribution in [0.4, 0.5) is 5.69 Å². The number of benzene rings is 2. The van der Waals surface area contributed by atoms with Gasteiger partial charge in [-0.15, -0.1) is 5.10 Å². The molecule has 2 N–H and O–H groups in total. The van der Waals surface area contributed by atoms with E-state index < -0.39 is 11.5 Å². The minimum Gasteiger partial charge on any atom is -0.438 e. The quantitative estimate of drug-likeness (QED) is 0.581. The number of hydrogen-bond acceptors (Lipinski definition) is 6. The molecule has 3 aromatic rings. The number of carbonyl (C=O) groups excluding carboxylic acids is 1. The lowest BCUT2D eigenvalue weighted by molar-refractivity contribution is 0.0337. The summed E-state index contributed by atoms with van der Waals surface area (Å²) in [6.07, 6.45) is 0. The van der Waals surface area contributed by atoms with E-state index in [-0.39, 0.29) is 18.0 Å². The largest absolute Gasteiger partial charge is 0.438 e. The molecular formula is C15H11ClN4O3. The summed E-state index contributed by atoms with van der Waals surface area (Å²) < 4.78 is 6.03. The number of halogens is 1. The van der Waals surface area contributed by atoms with Crippen LogP contribution in [0.2, 0.25) is 5.02 Å². The molecule has 0 radical (unpaired) electrons. The fraction of sp³-hybridized carbons (Fsp3) is 0.0667.